The third-order valence-corrected chi connectivity index (χ3v) is 5.36. The highest BCUT2D eigenvalue weighted by atomic mass is 32.1. The summed E-state index contributed by atoms with van der Waals surface area (Å²) in [7, 11) is 1.32. The topological polar surface area (TPSA) is 81.7 Å². The maximum absolute atomic E-state index is 12.0. The van der Waals surface area contributed by atoms with Crippen LogP contribution in [0.4, 0.5) is 0 Å². The van der Waals surface area contributed by atoms with E-state index in [0.717, 1.165) is 24.8 Å². The van der Waals surface area contributed by atoms with Crippen LogP contribution in [0.15, 0.2) is 30.3 Å². The minimum atomic E-state index is -0.456. The average Bonchev–Trinajstić information content (AvgIpc) is 3.26. The van der Waals surface area contributed by atoms with Crippen molar-refractivity contribution in [3.05, 3.63) is 56.8 Å². The molecule has 6 nitrogen and oxygen atoms in total. The summed E-state index contributed by atoms with van der Waals surface area (Å²) in [5.74, 6) is -1.24. The van der Waals surface area contributed by atoms with Crippen LogP contribution in [0.3, 0.4) is 0 Å². The lowest BCUT2D eigenvalue weighted by molar-refractivity contribution is -0.124. The number of fused-ring (bicyclic) bond motifs is 1. The van der Waals surface area contributed by atoms with Crippen LogP contribution in [-0.2, 0) is 33.7 Å². The van der Waals surface area contributed by atoms with Crippen LogP contribution in [0.1, 0.15) is 42.5 Å². The molecule has 0 aliphatic heterocycles. The molecule has 0 saturated heterocycles. The molecule has 0 unspecified atom stereocenters. The molecule has 0 spiro atoms. The predicted molar refractivity (Wildman–Crippen MR) is 96.3 cm³/mol. The number of carbonyl (C=O) groups is 3. The van der Waals surface area contributed by atoms with Gasteiger partial charge in [-0.15, -0.1) is 11.3 Å². The summed E-state index contributed by atoms with van der Waals surface area (Å²) in [6.45, 7) is -0.0349. The summed E-state index contributed by atoms with van der Waals surface area (Å²) in [5.41, 5.74) is 2.49. The fourth-order valence-corrected chi connectivity index (χ4v) is 3.91. The zero-order valence-corrected chi connectivity index (χ0v) is 15.2. The van der Waals surface area contributed by atoms with Crippen molar-refractivity contribution < 1.29 is 23.9 Å². The van der Waals surface area contributed by atoms with Gasteiger partial charge in [0.25, 0.3) is 5.91 Å². The second-order valence-electron chi connectivity index (χ2n) is 5.95. The summed E-state index contributed by atoms with van der Waals surface area (Å²) < 4.78 is 9.71. The predicted octanol–water partition coefficient (Wildman–Crippen LogP) is 2.50. The quantitative estimate of drug-likeness (QED) is 0.787. The Bertz CT molecular complexity index is 803. The van der Waals surface area contributed by atoms with Crippen molar-refractivity contribution in [2.75, 3.05) is 13.7 Å². The van der Waals surface area contributed by atoms with Crippen molar-refractivity contribution in [1.82, 2.24) is 5.32 Å². The number of aryl methyl sites for hydroxylation is 2. The van der Waals surface area contributed by atoms with E-state index in [1.165, 1.54) is 28.9 Å². The molecule has 1 amide bonds. The van der Waals surface area contributed by atoms with Gasteiger partial charge < -0.3 is 14.8 Å². The van der Waals surface area contributed by atoms with Crippen LogP contribution in [-0.4, -0.2) is 31.6 Å². The Morgan fingerprint density at radius 2 is 1.88 bits per heavy atom. The van der Waals surface area contributed by atoms with Gasteiger partial charge in [-0.05, 0) is 48.6 Å². The molecule has 26 heavy (non-hydrogen) atoms. The maximum Gasteiger partial charge on any atom is 0.348 e. The normalized spacial score (nSPS) is 12.3. The lowest BCUT2D eigenvalue weighted by atomic mass is 10.1. The number of esters is 2. The van der Waals surface area contributed by atoms with Gasteiger partial charge in [0, 0.05) is 11.4 Å². The SMILES string of the molecule is COC(=O)c1ccc(CNC(=O)COC(=O)c2cc3c(s2)CCC3)cc1. The fourth-order valence-electron chi connectivity index (χ4n) is 2.76. The molecule has 1 aliphatic carbocycles. The molecule has 7 heteroatoms. The summed E-state index contributed by atoms with van der Waals surface area (Å²) in [6, 6.07) is 8.58. The van der Waals surface area contributed by atoms with E-state index in [2.05, 4.69) is 10.1 Å². The number of nitrogens with one attached hydrogen (secondary N) is 1. The van der Waals surface area contributed by atoms with E-state index in [1.807, 2.05) is 6.07 Å². The highest BCUT2D eigenvalue weighted by molar-refractivity contribution is 7.14. The van der Waals surface area contributed by atoms with Crippen LogP contribution < -0.4 is 5.32 Å². The Balaban J connectivity index is 1.43. The zero-order valence-electron chi connectivity index (χ0n) is 14.4. The van der Waals surface area contributed by atoms with Gasteiger partial charge in [-0.3, -0.25) is 4.79 Å². The Labute approximate surface area is 155 Å². The Morgan fingerprint density at radius 1 is 1.12 bits per heavy atom. The number of hydrogen-bond donors (Lipinski definition) is 1. The molecule has 1 heterocycles. The lowest BCUT2D eigenvalue weighted by Gasteiger charge is -2.07. The number of benzene rings is 1. The second-order valence-corrected chi connectivity index (χ2v) is 7.09. The van der Waals surface area contributed by atoms with E-state index in [1.54, 1.807) is 24.3 Å². The van der Waals surface area contributed by atoms with Crippen molar-refractivity contribution in [2.45, 2.75) is 25.8 Å². The number of rotatable bonds is 6. The molecular weight excluding hydrogens is 354 g/mol. The van der Waals surface area contributed by atoms with Gasteiger partial charge in [0.2, 0.25) is 0 Å². The first kappa shape index (κ1) is 18.1. The van der Waals surface area contributed by atoms with E-state index in [9.17, 15) is 14.4 Å². The molecule has 0 radical (unpaired) electrons. The fraction of sp³-hybridized carbons (Fsp3) is 0.316. The molecule has 1 aliphatic rings. The molecule has 0 saturated carbocycles. The van der Waals surface area contributed by atoms with E-state index in [-0.39, 0.29) is 19.1 Å². The molecule has 0 bridgehead atoms. The first-order chi connectivity index (χ1) is 12.6. The smallest absolute Gasteiger partial charge is 0.348 e. The number of hydrogen-bond acceptors (Lipinski definition) is 6. The third kappa shape index (κ3) is 4.29. The standard InChI is InChI=1S/C19H19NO5S/c1-24-18(22)13-7-5-12(6-8-13)10-20-17(21)11-25-19(23)16-9-14-3-2-4-15(14)26-16/h5-9H,2-4,10-11H2,1H3,(H,20,21). The van der Waals surface area contributed by atoms with Crippen molar-refractivity contribution in [1.29, 1.82) is 0 Å². The van der Waals surface area contributed by atoms with Gasteiger partial charge in [0.05, 0.1) is 12.7 Å². The summed E-state index contributed by atoms with van der Waals surface area (Å²) >= 11 is 1.45. The van der Waals surface area contributed by atoms with Crippen LogP contribution in [0.25, 0.3) is 0 Å². The highest BCUT2D eigenvalue weighted by Crippen LogP contribution is 2.30. The van der Waals surface area contributed by atoms with E-state index >= 15 is 0 Å². The summed E-state index contributed by atoms with van der Waals surface area (Å²) in [5, 5.41) is 2.68. The molecule has 1 aromatic heterocycles. The largest absolute Gasteiger partial charge is 0.465 e. The number of ether oxygens (including phenoxy) is 2. The minimum absolute atomic E-state index is 0.283. The second kappa shape index (κ2) is 8.14. The van der Waals surface area contributed by atoms with Gasteiger partial charge in [-0.2, -0.15) is 0 Å². The van der Waals surface area contributed by atoms with Crippen molar-refractivity contribution in [2.24, 2.45) is 0 Å². The number of methoxy groups -OCH3 is 1. The van der Waals surface area contributed by atoms with Crippen molar-refractivity contribution >= 4 is 29.2 Å². The number of amides is 1. The number of thiophene rings is 1. The Kier molecular flexibility index (Phi) is 5.68. The first-order valence-corrected chi connectivity index (χ1v) is 9.11. The molecule has 136 valence electrons. The lowest BCUT2D eigenvalue weighted by Crippen LogP contribution is -2.28. The zero-order chi connectivity index (χ0) is 18.5. The molecular formula is C19H19NO5S. The summed E-state index contributed by atoms with van der Waals surface area (Å²) in [4.78, 5) is 37.0. The molecule has 1 aromatic carbocycles. The van der Waals surface area contributed by atoms with Crippen LogP contribution >= 0.6 is 11.3 Å². The summed E-state index contributed by atoms with van der Waals surface area (Å²) in [6.07, 6.45) is 3.16. The number of carbonyl (C=O) groups excluding carboxylic acids is 3. The van der Waals surface area contributed by atoms with Crippen molar-refractivity contribution in [3.63, 3.8) is 0 Å². The molecule has 0 atom stereocenters. The van der Waals surface area contributed by atoms with E-state index in [0.29, 0.717) is 10.4 Å². The average molecular weight is 373 g/mol. The van der Waals surface area contributed by atoms with Gasteiger partial charge in [0.15, 0.2) is 6.61 Å². The van der Waals surface area contributed by atoms with Gasteiger partial charge in [-0.1, -0.05) is 12.1 Å². The Morgan fingerprint density at radius 3 is 2.58 bits per heavy atom. The first-order valence-electron chi connectivity index (χ1n) is 8.29. The van der Waals surface area contributed by atoms with Gasteiger partial charge in [0.1, 0.15) is 4.88 Å². The van der Waals surface area contributed by atoms with Crippen LogP contribution in [0, 0.1) is 0 Å². The highest BCUT2D eigenvalue weighted by Gasteiger charge is 2.19. The molecule has 1 N–H and O–H groups in total. The van der Waals surface area contributed by atoms with Crippen LogP contribution in [0.5, 0.6) is 0 Å². The monoisotopic (exact) mass is 373 g/mol. The van der Waals surface area contributed by atoms with Crippen molar-refractivity contribution in [3.8, 4) is 0 Å². The molecule has 3 rings (SSSR count). The van der Waals surface area contributed by atoms with Crippen LogP contribution in [0.2, 0.25) is 0 Å². The molecule has 0 fully saturated rings. The third-order valence-electron chi connectivity index (χ3n) is 4.15. The van der Waals surface area contributed by atoms with E-state index < -0.39 is 11.9 Å². The van der Waals surface area contributed by atoms with Gasteiger partial charge >= 0.3 is 11.9 Å². The maximum atomic E-state index is 12.0. The molecule has 2 aromatic rings. The van der Waals surface area contributed by atoms with Gasteiger partial charge in [-0.25, -0.2) is 9.59 Å². The minimum Gasteiger partial charge on any atom is -0.465 e. The Hall–Kier alpha value is -2.67. The van der Waals surface area contributed by atoms with E-state index in [4.69, 9.17) is 4.74 Å².